The summed E-state index contributed by atoms with van der Waals surface area (Å²) in [5.74, 6) is 0.218. The first-order chi connectivity index (χ1) is 12.8. The number of carbonyl (C=O) groups is 1. The zero-order valence-electron chi connectivity index (χ0n) is 17.5. The fraction of sp³-hybridized carbons (Fsp3) is 0.522. The molecule has 3 nitrogen and oxygen atoms in total. The van der Waals surface area contributed by atoms with E-state index in [1.54, 1.807) is 11.3 Å². The fourth-order valence-electron chi connectivity index (χ4n) is 4.25. The molecular weight excluding hydrogens is 388 g/mol. The molecule has 3 rings (SSSR count). The van der Waals surface area contributed by atoms with Crippen LogP contribution < -0.4 is 0 Å². The van der Waals surface area contributed by atoms with Gasteiger partial charge < -0.3 is 4.90 Å². The second-order valence-corrected chi connectivity index (χ2v) is 9.27. The Morgan fingerprint density at radius 2 is 1.89 bits per heavy atom. The van der Waals surface area contributed by atoms with Crippen molar-refractivity contribution in [2.75, 3.05) is 14.1 Å². The number of benzene rings is 1. The number of fused-ring (bicyclic) bond motifs is 1. The average Bonchev–Trinajstić information content (AvgIpc) is 3.16. The predicted molar refractivity (Wildman–Crippen MR) is 124 cm³/mol. The van der Waals surface area contributed by atoms with Crippen LogP contribution in [0.1, 0.15) is 45.1 Å². The van der Waals surface area contributed by atoms with Crippen LogP contribution in [0.15, 0.2) is 42.3 Å². The van der Waals surface area contributed by atoms with E-state index in [0.29, 0.717) is 12.5 Å². The van der Waals surface area contributed by atoms with Crippen LogP contribution in [0.3, 0.4) is 0 Å². The maximum atomic E-state index is 13.2. The van der Waals surface area contributed by atoms with Crippen molar-refractivity contribution >= 4 is 39.7 Å². The van der Waals surface area contributed by atoms with E-state index in [4.69, 9.17) is 0 Å². The molecule has 1 aliphatic carbocycles. The molecule has 0 aliphatic heterocycles. The molecule has 1 heterocycles. The summed E-state index contributed by atoms with van der Waals surface area (Å²) in [7, 11) is 4.17. The van der Waals surface area contributed by atoms with E-state index in [9.17, 15) is 4.79 Å². The standard InChI is InChI=1S/C23H32N2OS.ClH/c1-6-23(2,3)25(5)20-12-8-7-11-19(20)24(4)22(26)16-17-10-9-13-21-18(17)14-15-27-21;/h6,9-10,13-15,19-20H,1,7-8,11-12,16H2,2-5H3;1H/t19-,20-;/m1./s1. The lowest BCUT2D eigenvalue weighted by Gasteiger charge is -2.47. The summed E-state index contributed by atoms with van der Waals surface area (Å²) in [6, 6.07) is 9.04. The lowest BCUT2D eigenvalue weighted by atomic mass is 9.85. The fourth-order valence-corrected chi connectivity index (χ4v) is 5.08. The van der Waals surface area contributed by atoms with Gasteiger partial charge in [-0.05, 0) is 62.2 Å². The third kappa shape index (κ3) is 4.61. The zero-order valence-corrected chi connectivity index (χ0v) is 19.1. The Kier molecular flexibility index (Phi) is 7.72. The van der Waals surface area contributed by atoms with E-state index in [-0.39, 0.29) is 29.9 Å². The normalized spacial score (nSPS) is 20.0. The van der Waals surface area contributed by atoms with Crippen molar-refractivity contribution in [1.29, 1.82) is 0 Å². The number of likely N-dealkylation sites (N-methyl/N-ethyl adjacent to an activating group) is 2. The molecule has 28 heavy (non-hydrogen) atoms. The molecule has 2 atom stereocenters. The Labute approximate surface area is 179 Å². The summed E-state index contributed by atoms with van der Waals surface area (Å²) < 4.78 is 1.26. The van der Waals surface area contributed by atoms with Crippen molar-refractivity contribution in [3.05, 3.63) is 47.9 Å². The minimum Gasteiger partial charge on any atom is -0.341 e. The average molecular weight is 421 g/mol. The van der Waals surface area contributed by atoms with Crippen molar-refractivity contribution in [1.82, 2.24) is 9.80 Å². The Morgan fingerprint density at radius 3 is 2.57 bits per heavy atom. The van der Waals surface area contributed by atoms with Gasteiger partial charge in [0.1, 0.15) is 0 Å². The van der Waals surface area contributed by atoms with Crippen LogP contribution in [0.4, 0.5) is 0 Å². The van der Waals surface area contributed by atoms with Gasteiger partial charge in [-0.2, -0.15) is 0 Å². The van der Waals surface area contributed by atoms with Gasteiger partial charge in [-0.25, -0.2) is 0 Å². The Balaban J connectivity index is 0.00000280. The molecule has 0 bridgehead atoms. The summed E-state index contributed by atoms with van der Waals surface area (Å²) in [5.41, 5.74) is 1.06. The van der Waals surface area contributed by atoms with Crippen molar-refractivity contribution in [2.45, 2.75) is 63.6 Å². The number of halogens is 1. The lowest BCUT2D eigenvalue weighted by Crippen LogP contribution is -2.57. The number of thiophene rings is 1. The second-order valence-electron chi connectivity index (χ2n) is 8.32. The van der Waals surface area contributed by atoms with E-state index in [0.717, 1.165) is 18.4 Å². The topological polar surface area (TPSA) is 23.6 Å². The van der Waals surface area contributed by atoms with Crippen LogP contribution in [0.5, 0.6) is 0 Å². The minimum atomic E-state index is -0.0770. The monoisotopic (exact) mass is 420 g/mol. The molecule has 1 aromatic heterocycles. The van der Waals surface area contributed by atoms with E-state index in [1.165, 1.54) is 22.9 Å². The van der Waals surface area contributed by atoms with Gasteiger partial charge >= 0.3 is 0 Å². The lowest BCUT2D eigenvalue weighted by molar-refractivity contribution is -0.133. The number of amides is 1. The summed E-state index contributed by atoms with van der Waals surface area (Å²) >= 11 is 1.73. The van der Waals surface area contributed by atoms with Crippen LogP contribution in [0.25, 0.3) is 10.1 Å². The van der Waals surface area contributed by atoms with Gasteiger partial charge in [-0.15, -0.1) is 30.3 Å². The maximum absolute atomic E-state index is 13.2. The largest absolute Gasteiger partial charge is 0.341 e. The number of carbonyl (C=O) groups excluding carboxylic acids is 1. The van der Waals surface area contributed by atoms with Gasteiger partial charge in [0.05, 0.1) is 6.42 Å². The highest BCUT2D eigenvalue weighted by atomic mass is 35.5. The highest BCUT2D eigenvalue weighted by Crippen LogP contribution is 2.31. The van der Waals surface area contributed by atoms with Crippen molar-refractivity contribution in [3.8, 4) is 0 Å². The third-order valence-corrected chi connectivity index (χ3v) is 7.30. The first kappa shape index (κ1) is 22.9. The second kappa shape index (κ2) is 9.43. The maximum Gasteiger partial charge on any atom is 0.227 e. The molecule has 0 spiro atoms. The molecule has 2 aromatic rings. The van der Waals surface area contributed by atoms with Crippen LogP contribution in [-0.2, 0) is 11.2 Å². The van der Waals surface area contributed by atoms with Crippen molar-refractivity contribution < 1.29 is 4.79 Å². The van der Waals surface area contributed by atoms with E-state index < -0.39 is 0 Å². The third-order valence-electron chi connectivity index (χ3n) is 6.42. The van der Waals surface area contributed by atoms with Crippen LogP contribution in [0, 0.1) is 0 Å². The van der Waals surface area contributed by atoms with Crippen LogP contribution >= 0.6 is 23.7 Å². The molecule has 0 radical (unpaired) electrons. The number of nitrogens with zero attached hydrogens (tertiary/aromatic N) is 2. The zero-order chi connectivity index (χ0) is 19.6. The molecule has 1 fully saturated rings. The minimum absolute atomic E-state index is 0. The molecule has 154 valence electrons. The highest BCUT2D eigenvalue weighted by Gasteiger charge is 2.37. The highest BCUT2D eigenvalue weighted by molar-refractivity contribution is 7.17. The summed E-state index contributed by atoms with van der Waals surface area (Å²) in [4.78, 5) is 17.6. The summed E-state index contributed by atoms with van der Waals surface area (Å²) in [6.45, 7) is 8.41. The molecule has 1 amide bonds. The molecule has 1 aliphatic rings. The Hall–Kier alpha value is -1.36. The number of hydrogen-bond donors (Lipinski definition) is 0. The first-order valence-corrected chi connectivity index (χ1v) is 10.8. The quantitative estimate of drug-likeness (QED) is 0.573. The molecule has 0 unspecified atom stereocenters. The van der Waals surface area contributed by atoms with Gasteiger partial charge in [0, 0.05) is 29.4 Å². The number of hydrogen-bond acceptors (Lipinski definition) is 3. The summed E-state index contributed by atoms with van der Waals surface area (Å²) in [6.07, 6.45) is 7.12. The predicted octanol–water partition coefficient (Wildman–Crippen LogP) is 5.53. The van der Waals surface area contributed by atoms with Crippen LogP contribution in [-0.4, -0.2) is 47.4 Å². The Bertz CT molecular complexity index is 816. The molecule has 0 saturated heterocycles. The van der Waals surface area contributed by atoms with Gasteiger partial charge in [0.25, 0.3) is 0 Å². The van der Waals surface area contributed by atoms with E-state index in [1.807, 2.05) is 18.0 Å². The van der Waals surface area contributed by atoms with E-state index >= 15 is 0 Å². The van der Waals surface area contributed by atoms with Crippen molar-refractivity contribution in [3.63, 3.8) is 0 Å². The number of rotatable bonds is 6. The molecule has 1 saturated carbocycles. The van der Waals surface area contributed by atoms with Gasteiger partial charge in [0.2, 0.25) is 5.91 Å². The summed E-state index contributed by atoms with van der Waals surface area (Å²) in [5, 5.41) is 3.32. The Morgan fingerprint density at radius 1 is 1.21 bits per heavy atom. The SMILES string of the molecule is C=CC(C)(C)N(C)[C@@H]1CCCC[C@H]1N(C)C(=O)Cc1cccc2sccc12.Cl. The van der Waals surface area contributed by atoms with E-state index in [2.05, 4.69) is 62.0 Å². The van der Waals surface area contributed by atoms with Gasteiger partial charge in [0.15, 0.2) is 0 Å². The molecule has 0 N–H and O–H groups in total. The van der Waals surface area contributed by atoms with Crippen molar-refractivity contribution in [2.24, 2.45) is 0 Å². The first-order valence-electron chi connectivity index (χ1n) is 9.92. The molecule has 5 heteroatoms. The molecular formula is C23H33ClN2OS. The van der Waals surface area contributed by atoms with Gasteiger partial charge in [-0.3, -0.25) is 9.69 Å². The van der Waals surface area contributed by atoms with Gasteiger partial charge in [-0.1, -0.05) is 31.1 Å². The van der Waals surface area contributed by atoms with Crippen LogP contribution in [0.2, 0.25) is 0 Å². The smallest absolute Gasteiger partial charge is 0.227 e. The molecule has 1 aromatic carbocycles.